The van der Waals surface area contributed by atoms with Gasteiger partial charge >= 0.3 is 5.97 Å². The summed E-state index contributed by atoms with van der Waals surface area (Å²) in [7, 11) is 0. The van der Waals surface area contributed by atoms with E-state index in [0.717, 1.165) is 24.4 Å². The second-order valence-electron chi connectivity index (χ2n) is 8.25. The third-order valence-corrected chi connectivity index (χ3v) is 6.14. The molecule has 0 radical (unpaired) electrons. The van der Waals surface area contributed by atoms with Crippen LogP contribution in [-0.2, 0) is 0 Å². The lowest BCUT2D eigenvalue weighted by molar-refractivity contribution is 0.0695. The van der Waals surface area contributed by atoms with Crippen molar-refractivity contribution in [2.45, 2.75) is 26.3 Å². The maximum absolute atomic E-state index is 15.3. The molecule has 1 fully saturated rings. The van der Waals surface area contributed by atoms with Crippen molar-refractivity contribution in [2.24, 2.45) is 11.7 Å². The zero-order chi connectivity index (χ0) is 23.3. The smallest absolute Gasteiger partial charge is 0.341 e. The molecule has 1 saturated heterocycles. The monoisotopic (exact) mass is 445 g/mol. The lowest BCUT2D eigenvalue weighted by Gasteiger charge is -2.37. The molecule has 4 rings (SSSR count). The number of pyridine rings is 1. The molecule has 3 N–H and O–H groups in total. The predicted molar refractivity (Wildman–Crippen MR) is 115 cm³/mol. The SMILES string of the molecule is Cc1c(N2CCC(N)C(C)C2)c(F)cc2c(=O)c(C(=O)O)cn(-c3ccc(F)cc3F)c12. The summed E-state index contributed by atoms with van der Waals surface area (Å²) < 4.78 is 44.6. The van der Waals surface area contributed by atoms with E-state index in [-0.39, 0.29) is 34.2 Å². The molecule has 3 aromatic rings. The van der Waals surface area contributed by atoms with Crippen LogP contribution in [0, 0.1) is 30.3 Å². The molecule has 0 bridgehead atoms. The number of carboxylic acids is 1. The third kappa shape index (κ3) is 3.52. The van der Waals surface area contributed by atoms with Crippen molar-refractivity contribution in [3.63, 3.8) is 0 Å². The summed E-state index contributed by atoms with van der Waals surface area (Å²) in [4.78, 5) is 26.3. The molecule has 2 aromatic carbocycles. The molecular formula is C23H22F3N3O3. The van der Waals surface area contributed by atoms with Crippen LogP contribution in [-0.4, -0.2) is 34.8 Å². The molecule has 0 spiro atoms. The van der Waals surface area contributed by atoms with Crippen molar-refractivity contribution < 1.29 is 23.1 Å². The highest BCUT2D eigenvalue weighted by Gasteiger charge is 2.28. The van der Waals surface area contributed by atoms with Crippen molar-refractivity contribution in [3.8, 4) is 5.69 Å². The minimum Gasteiger partial charge on any atom is -0.477 e. The molecule has 0 aliphatic carbocycles. The first kappa shape index (κ1) is 21.9. The Morgan fingerprint density at radius 1 is 1.19 bits per heavy atom. The number of hydrogen-bond acceptors (Lipinski definition) is 4. The van der Waals surface area contributed by atoms with E-state index in [1.54, 1.807) is 6.92 Å². The summed E-state index contributed by atoms with van der Waals surface area (Å²) in [5.74, 6) is -3.87. The lowest BCUT2D eigenvalue weighted by atomic mass is 9.93. The second kappa shape index (κ2) is 7.98. The maximum Gasteiger partial charge on any atom is 0.341 e. The number of aromatic nitrogens is 1. The molecule has 6 nitrogen and oxygen atoms in total. The van der Waals surface area contributed by atoms with Crippen LogP contribution in [0.4, 0.5) is 18.9 Å². The number of nitrogens with zero attached hydrogens (tertiary/aromatic N) is 2. The fourth-order valence-corrected chi connectivity index (χ4v) is 4.41. The maximum atomic E-state index is 15.3. The number of aryl methyl sites for hydroxylation is 1. The van der Waals surface area contributed by atoms with Crippen LogP contribution in [0.3, 0.4) is 0 Å². The van der Waals surface area contributed by atoms with Crippen LogP contribution in [0.2, 0.25) is 0 Å². The Labute approximate surface area is 181 Å². The zero-order valence-corrected chi connectivity index (χ0v) is 17.5. The van der Waals surface area contributed by atoms with Crippen LogP contribution in [0.1, 0.15) is 29.3 Å². The highest BCUT2D eigenvalue weighted by molar-refractivity contribution is 5.96. The number of nitrogens with two attached hydrogens (primary N) is 1. The lowest BCUT2D eigenvalue weighted by Crippen LogP contribution is -2.46. The van der Waals surface area contributed by atoms with Gasteiger partial charge in [0.2, 0.25) is 5.43 Å². The highest BCUT2D eigenvalue weighted by atomic mass is 19.1. The molecule has 2 heterocycles. The first-order valence-electron chi connectivity index (χ1n) is 10.2. The molecule has 1 aliphatic rings. The molecule has 32 heavy (non-hydrogen) atoms. The number of anilines is 1. The van der Waals surface area contributed by atoms with Gasteiger partial charge in [0.15, 0.2) is 0 Å². The predicted octanol–water partition coefficient (Wildman–Crippen LogP) is 3.59. The van der Waals surface area contributed by atoms with E-state index in [4.69, 9.17) is 5.73 Å². The average Bonchev–Trinajstić information content (AvgIpc) is 2.71. The van der Waals surface area contributed by atoms with Crippen molar-refractivity contribution in [1.82, 2.24) is 4.57 Å². The first-order chi connectivity index (χ1) is 15.1. The van der Waals surface area contributed by atoms with E-state index >= 15 is 4.39 Å². The van der Waals surface area contributed by atoms with Gasteiger partial charge in [0.1, 0.15) is 23.0 Å². The average molecular weight is 445 g/mol. The fourth-order valence-electron chi connectivity index (χ4n) is 4.41. The minimum absolute atomic E-state index is 0.0142. The Balaban J connectivity index is 2.07. The summed E-state index contributed by atoms with van der Waals surface area (Å²) in [6.07, 6.45) is 1.64. The number of carbonyl (C=O) groups is 1. The number of rotatable bonds is 3. The largest absolute Gasteiger partial charge is 0.477 e. The van der Waals surface area contributed by atoms with Crippen molar-refractivity contribution >= 4 is 22.6 Å². The zero-order valence-electron chi connectivity index (χ0n) is 17.5. The summed E-state index contributed by atoms with van der Waals surface area (Å²) in [5.41, 5.74) is 5.15. The summed E-state index contributed by atoms with van der Waals surface area (Å²) in [6, 6.07) is 3.80. The van der Waals surface area contributed by atoms with Crippen LogP contribution in [0.25, 0.3) is 16.6 Å². The number of halogens is 3. The summed E-state index contributed by atoms with van der Waals surface area (Å²) >= 11 is 0. The van der Waals surface area contributed by atoms with E-state index in [1.165, 1.54) is 4.57 Å². The van der Waals surface area contributed by atoms with Gasteiger partial charge in [0.05, 0.1) is 22.3 Å². The Morgan fingerprint density at radius 2 is 1.91 bits per heavy atom. The molecule has 168 valence electrons. The van der Waals surface area contributed by atoms with Gasteiger partial charge in [-0.3, -0.25) is 4.79 Å². The minimum atomic E-state index is -1.53. The number of carboxylic acid groups (broad SMARTS) is 1. The van der Waals surface area contributed by atoms with E-state index in [0.29, 0.717) is 31.1 Å². The van der Waals surface area contributed by atoms with Crippen molar-refractivity contribution in [2.75, 3.05) is 18.0 Å². The molecule has 0 amide bonds. The van der Waals surface area contributed by atoms with Gasteiger partial charge in [0.25, 0.3) is 0 Å². The van der Waals surface area contributed by atoms with Gasteiger partial charge in [-0.1, -0.05) is 6.92 Å². The van der Waals surface area contributed by atoms with Crippen molar-refractivity contribution in [3.05, 3.63) is 69.3 Å². The van der Waals surface area contributed by atoms with Crippen molar-refractivity contribution in [1.29, 1.82) is 0 Å². The molecule has 2 unspecified atom stereocenters. The van der Waals surface area contributed by atoms with Gasteiger partial charge in [0, 0.05) is 37.0 Å². The molecule has 1 aromatic heterocycles. The fraction of sp³-hybridized carbons (Fsp3) is 0.304. The second-order valence-corrected chi connectivity index (χ2v) is 8.25. The third-order valence-electron chi connectivity index (χ3n) is 6.14. The van der Waals surface area contributed by atoms with Crippen LogP contribution >= 0.6 is 0 Å². The molecule has 2 atom stereocenters. The summed E-state index contributed by atoms with van der Waals surface area (Å²) in [6.45, 7) is 4.55. The van der Waals surface area contributed by atoms with Gasteiger partial charge in [-0.2, -0.15) is 0 Å². The number of piperidine rings is 1. The molecule has 9 heteroatoms. The Hall–Kier alpha value is -3.33. The van der Waals surface area contributed by atoms with E-state index in [2.05, 4.69) is 0 Å². The Kier molecular flexibility index (Phi) is 5.46. The number of benzene rings is 2. The van der Waals surface area contributed by atoms with Crippen LogP contribution < -0.4 is 16.1 Å². The molecule has 0 saturated carbocycles. The van der Waals surface area contributed by atoms with E-state index in [9.17, 15) is 23.5 Å². The van der Waals surface area contributed by atoms with Gasteiger partial charge in [-0.15, -0.1) is 0 Å². The van der Waals surface area contributed by atoms with Crippen LogP contribution in [0.5, 0.6) is 0 Å². The van der Waals surface area contributed by atoms with Gasteiger partial charge in [-0.25, -0.2) is 18.0 Å². The Bertz CT molecular complexity index is 1310. The highest BCUT2D eigenvalue weighted by Crippen LogP contribution is 2.34. The van der Waals surface area contributed by atoms with Crippen LogP contribution in [0.15, 0.2) is 35.3 Å². The van der Waals surface area contributed by atoms with E-state index < -0.39 is 34.4 Å². The molecular weight excluding hydrogens is 423 g/mol. The van der Waals surface area contributed by atoms with E-state index in [1.807, 2.05) is 11.8 Å². The van der Waals surface area contributed by atoms with Gasteiger partial charge in [-0.05, 0) is 37.5 Å². The first-order valence-corrected chi connectivity index (χ1v) is 10.2. The number of aromatic carboxylic acids is 1. The summed E-state index contributed by atoms with van der Waals surface area (Å²) in [5, 5.41) is 9.28. The van der Waals surface area contributed by atoms with Gasteiger partial charge < -0.3 is 20.3 Å². The number of hydrogen-bond donors (Lipinski definition) is 2. The normalized spacial score (nSPS) is 18.9. The number of fused-ring (bicyclic) bond motifs is 1. The standard InChI is InChI=1S/C23H22F3N3O3/c1-11-9-28(6-5-18(11)27)21-12(2)20-14(8-17(21)26)22(30)15(23(31)32)10-29(20)19-4-3-13(24)7-16(19)25/h3-4,7-8,10-11,18H,5-6,9,27H2,1-2H3,(H,31,32). The quantitative estimate of drug-likeness (QED) is 0.643. The topological polar surface area (TPSA) is 88.6 Å². The molecule has 1 aliphatic heterocycles. The Morgan fingerprint density at radius 3 is 2.53 bits per heavy atom.